The quantitative estimate of drug-likeness (QED) is 0.714. The Kier molecular flexibility index (Phi) is 8.09. The molecule has 0 saturated carbocycles. The highest BCUT2D eigenvalue weighted by Crippen LogP contribution is 2.24. The average Bonchev–Trinajstić information content (AvgIpc) is 3.02. The number of nitrogens with one attached hydrogen (secondary N) is 2. The first-order valence-electron chi connectivity index (χ1n) is 7.92. The zero-order valence-electron chi connectivity index (χ0n) is 14.5. The maximum atomic E-state index is 12.4. The van der Waals surface area contributed by atoms with Crippen molar-refractivity contribution in [3.63, 3.8) is 0 Å². The lowest BCUT2D eigenvalue weighted by Crippen LogP contribution is -2.37. The van der Waals surface area contributed by atoms with Gasteiger partial charge in [0.2, 0.25) is 0 Å². The van der Waals surface area contributed by atoms with Crippen molar-refractivity contribution >= 4 is 40.6 Å². The Bertz CT molecular complexity index is 713. The van der Waals surface area contributed by atoms with E-state index in [0.29, 0.717) is 28.6 Å². The molecule has 136 valence electrons. The van der Waals surface area contributed by atoms with E-state index in [0.717, 1.165) is 0 Å². The predicted molar refractivity (Wildman–Crippen MR) is 106 cm³/mol. The van der Waals surface area contributed by atoms with Gasteiger partial charge in [-0.1, -0.05) is 26.0 Å². The molecule has 0 bridgehead atoms. The molecule has 2 rings (SSSR count). The number of hydrogen-bond donors (Lipinski definition) is 3. The standard InChI is InChI=1S/C18H23N3O2S.ClH/c1-11(2)13-4-6-14(7-5-13)16(22)21-18-15(8-9-24-18)17(23)20-12(3)10-19;/h4-9,11-12H,10,19H2,1-3H3,(H,20,23)(H,21,22);1H/t12-;/m0./s1. The van der Waals surface area contributed by atoms with Gasteiger partial charge >= 0.3 is 0 Å². The van der Waals surface area contributed by atoms with E-state index in [1.54, 1.807) is 23.6 Å². The van der Waals surface area contributed by atoms with Crippen molar-refractivity contribution in [2.75, 3.05) is 11.9 Å². The summed E-state index contributed by atoms with van der Waals surface area (Å²) in [5, 5.41) is 7.93. The van der Waals surface area contributed by atoms with Gasteiger partial charge in [0.05, 0.1) is 5.56 Å². The fraction of sp³-hybridized carbons (Fsp3) is 0.333. The maximum absolute atomic E-state index is 12.4. The topological polar surface area (TPSA) is 84.2 Å². The van der Waals surface area contributed by atoms with Gasteiger partial charge in [0.15, 0.2) is 0 Å². The molecular formula is C18H24ClN3O2S. The molecule has 4 N–H and O–H groups in total. The summed E-state index contributed by atoms with van der Waals surface area (Å²) < 4.78 is 0. The zero-order chi connectivity index (χ0) is 17.7. The number of hydrogen-bond acceptors (Lipinski definition) is 4. The summed E-state index contributed by atoms with van der Waals surface area (Å²) in [6.45, 7) is 6.40. The van der Waals surface area contributed by atoms with E-state index in [-0.39, 0.29) is 30.3 Å². The Morgan fingerprint density at radius 3 is 2.28 bits per heavy atom. The van der Waals surface area contributed by atoms with Crippen molar-refractivity contribution in [3.05, 3.63) is 52.4 Å². The number of carbonyl (C=O) groups excluding carboxylic acids is 2. The van der Waals surface area contributed by atoms with Gasteiger partial charge in [-0.15, -0.1) is 23.7 Å². The lowest BCUT2D eigenvalue weighted by molar-refractivity contribution is 0.0942. The Morgan fingerprint density at radius 1 is 1.08 bits per heavy atom. The van der Waals surface area contributed by atoms with Crippen LogP contribution in [-0.4, -0.2) is 24.4 Å². The minimum Gasteiger partial charge on any atom is -0.348 e. The van der Waals surface area contributed by atoms with Gasteiger partial charge in [0.25, 0.3) is 11.8 Å². The zero-order valence-corrected chi connectivity index (χ0v) is 16.2. The minimum atomic E-state index is -0.236. The third-order valence-corrected chi connectivity index (χ3v) is 4.54. The molecule has 0 aliphatic heterocycles. The summed E-state index contributed by atoms with van der Waals surface area (Å²) in [4.78, 5) is 24.6. The lowest BCUT2D eigenvalue weighted by Gasteiger charge is -2.12. The third-order valence-electron chi connectivity index (χ3n) is 3.71. The first-order chi connectivity index (χ1) is 11.4. The van der Waals surface area contributed by atoms with Crippen LogP contribution in [0.4, 0.5) is 5.00 Å². The van der Waals surface area contributed by atoms with Crippen LogP contribution in [0.25, 0.3) is 0 Å². The maximum Gasteiger partial charge on any atom is 0.256 e. The van der Waals surface area contributed by atoms with Gasteiger partial charge in [-0.25, -0.2) is 0 Å². The normalized spacial score (nSPS) is 11.6. The van der Waals surface area contributed by atoms with Crippen LogP contribution in [0.15, 0.2) is 35.7 Å². The fourth-order valence-electron chi connectivity index (χ4n) is 2.14. The van der Waals surface area contributed by atoms with Crippen molar-refractivity contribution < 1.29 is 9.59 Å². The Labute approximate surface area is 158 Å². The minimum absolute atomic E-state index is 0. The largest absolute Gasteiger partial charge is 0.348 e. The molecule has 2 aromatic rings. The molecule has 7 heteroatoms. The second-order valence-corrected chi connectivity index (χ2v) is 6.92. The smallest absolute Gasteiger partial charge is 0.256 e. The van der Waals surface area contributed by atoms with Gasteiger partial charge in [-0.05, 0) is 42.0 Å². The van der Waals surface area contributed by atoms with E-state index >= 15 is 0 Å². The summed E-state index contributed by atoms with van der Waals surface area (Å²) in [5.41, 5.74) is 7.71. The van der Waals surface area contributed by atoms with E-state index in [4.69, 9.17) is 5.73 Å². The van der Waals surface area contributed by atoms with Gasteiger partial charge in [-0.2, -0.15) is 0 Å². The molecule has 5 nitrogen and oxygen atoms in total. The van der Waals surface area contributed by atoms with Crippen LogP contribution in [-0.2, 0) is 0 Å². The second kappa shape index (κ2) is 9.56. The molecule has 0 fully saturated rings. The third kappa shape index (κ3) is 5.56. The van der Waals surface area contributed by atoms with Crippen molar-refractivity contribution in [1.82, 2.24) is 5.32 Å². The summed E-state index contributed by atoms with van der Waals surface area (Å²) >= 11 is 1.32. The molecule has 1 atom stereocenters. The first-order valence-corrected chi connectivity index (χ1v) is 8.80. The highest BCUT2D eigenvalue weighted by Gasteiger charge is 2.17. The number of anilines is 1. The van der Waals surface area contributed by atoms with Crippen LogP contribution in [0.3, 0.4) is 0 Å². The monoisotopic (exact) mass is 381 g/mol. The van der Waals surface area contributed by atoms with Gasteiger partial charge < -0.3 is 16.4 Å². The molecule has 0 aliphatic rings. The van der Waals surface area contributed by atoms with Gasteiger partial charge in [-0.3, -0.25) is 9.59 Å². The predicted octanol–water partition coefficient (Wildman–Crippen LogP) is 3.62. The van der Waals surface area contributed by atoms with Gasteiger partial charge in [0, 0.05) is 18.2 Å². The average molecular weight is 382 g/mol. The van der Waals surface area contributed by atoms with E-state index in [2.05, 4.69) is 24.5 Å². The lowest BCUT2D eigenvalue weighted by atomic mass is 10.0. The molecular weight excluding hydrogens is 358 g/mol. The molecule has 0 radical (unpaired) electrons. The van der Waals surface area contributed by atoms with E-state index in [1.807, 2.05) is 19.1 Å². The Balaban J connectivity index is 0.00000312. The highest BCUT2D eigenvalue weighted by molar-refractivity contribution is 7.14. The molecule has 0 aliphatic carbocycles. The van der Waals surface area contributed by atoms with Crippen molar-refractivity contribution in [2.24, 2.45) is 5.73 Å². The van der Waals surface area contributed by atoms with Crippen molar-refractivity contribution in [2.45, 2.75) is 32.7 Å². The molecule has 0 saturated heterocycles. The van der Waals surface area contributed by atoms with Crippen LogP contribution < -0.4 is 16.4 Å². The SMILES string of the molecule is CC(C)c1ccc(C(=O)Nc2sccc2C(=O)N[C@@H](C)CN)cc1.Cl. The van der Waals surface area contributed by atoms with Crippen molar-refractivity contribution in [3.8, 4) is 0 Å². The molecule has 0 unspecified atom stereocenters. The number of halogens is 1. The van der Waals surface area contributed by atoms with Crippen LogP contribution >= 0.6 is 23.7 Å². The number of benzene rings is 1. The second-order valence-electron chi connectivity index (χ2n) is 6.00. The molecule has 25 heavy (non-hydrogen) atoms. The number of rotatable bonds is 6. The summed E-state index contributed by atoms with van der Waals surface area (Å²) in [7, 11) is 0. The molecule has 0 spiro atoms. The van der Waals surface area contributed by atoms with E-state index in [9.17, 15) is 9.59 Å². The van der Waals surface area contributed by atoms with Crippen LogP contribution in [0.5, 0.6) is 0 Å². The van der Waals surface area contributed by atoms with Crippen LogP contribution in [0.2, 0.25) is 0 Å². The van der Waals surface area contributed by atoms with E-state index in [1.165, 1.54) is 16.9 Å². The fourth-order valence-corrected chi connectivity index (χ4v) is 2.92. The Morgan fingerprint density at radius 2 is 1.72 bits per heavy atom. The van der Waals surface area contributed by atoms with Crippen LogP contribution in [0.1, 0.15) is 53.0 Å². The van der Waals surface area contributed by atoms with Crippen molar-refractivity contribution in [1.29, 1.82) is 0 Å². The summed E-state index contributed by atoms with van der Waals surface area (Å²) in [6.07, 6.45) is 0. The summed E-state index contributed by atoms with van der Waals surface area (Å²) in [5.74, 6) is -0.0485. The highest BCUT2D eigenvalue weighted by atomic mass is 35.5. The number of nitrogens with two attached hydrogens (primary N) is 1. The first kappa shape index (κ1) is 21.2. The summed E-state index contributed by atoms with van der Waals surface area (Å²) in [6, 6.07) is 9.07. The number of carbonyl (C=O) groups is 2. The molecule has 1 aromatic carbocycles. The molecule has 1 aromatic heterocycles. The van der Waals surface area contributed by atoms with E-state index < -0.39 is 0 Å². The number of amides is 2. The number of thiophene rings is 1. The van der Waals surface area contributed by atoms with Gasteiger partial charge in [0.1, 0.15) is 5.00 Å². The molecule has 1 heterocycles. The Hall–Kier alpha value is -1.89. The van der Waals surface area contributed by atoms with Crippen LogP contribution in [0, 0.1) is 0 Å². The molecule has 2 amide bonds.